The van der Waals surface area contributed by atoms with E-state index in [0.29, 0.717) is 18.4 Å². The van der Waals surface area contributed by atoms with Crippen molar-refractivity contribution in [3.8, 4) is 0 Å². The van der Waals surface area contributed by atoms with Crippen LogP contribution in [0.3, 0.4) is 0 Å². The quantitative estimate of drug-likeness (QED) is 0.904. The molecule has 0 bridgehead atoms. The van der Waals surface area contributed by atoms with Crippen LogP contribution in [0.4, 0.5) is 0 Å². The molecule has 0 saturated carbocycles. The van der Waals surface area contributed by atoms with Crippen LogP contribution in [0.1, 0.15) is 44.7 Å². The molecule has 0 radical (unpaired) electrons. The molecule has 0 spiro atoms. The van der Waals surface area contributed by atoms with Crippen LogP contribution in [0.25, 0.3) is 0 Å². The van der Waals surface area contributed by atoms with Gasteiger partial charge >= 0.3 is 0 Å². The molecular formula is C16H24N2O. The molecule has 1 aliphatic heterocycles. The molecule has 1 aromatic rings. The highest BCUT2D eigenvalue weighted by Gasteiger charge is 2.31. The zero-order chi connectivity index (χ0) is 13.8. The second kappa shape index (κ2) is 6.20. The first-order valence-corrected chi connectivity index (χ1v) is 7.19. The third kappa shape index (κ3) is 3.35. The lowest BCUT2D eigenvalue weighted by atomic mass is 10.0. The summed E-state index contributed by atoms with van der Waals surface area (Å²) in [6, 6.07) is 10.1. The minimum Gasteiger partial charge on any atom is -0.339 e. The van der Waals surface area contributed by atoms with Crippen molar-refractivity contribution in [3.05, 3.63) is 35.9 Å². The van der Waals surface area contributed by atoms with Gasteiger partial charge in [-0.3, -0.25) is 4.79 Å². The van der Waals surface area contributed by atoms with Crippen molar-refractivity contribution in [2.45, 2.75) is 45.2 Å². The van der Waals surface area contributed by atoms with E-state index in [9.17, 15) is 4.79 Å². The maximum Gasteiger partial charge on any atom is 0.224 e. The zero-order valence-electron chi connectivity index (χ0n) is 11.9. The van der Waals surface area contributed by atoms with Crippen LogP contribution < -0.4 is 5.73 Å². The van der Waals surface area contributed by atoms with Crippen LogP contribution in [-0.2, 0) is 4.79 Å². The molecule has 1 saturated heterocycles. The Balaban J connectivity index is 1.97. The predicted molar refractivity (Wildman–Crippen MR) is 77.6 cm³/mol. The average Bonchev–Trinajstić information content (AvgIpc) is 2.89. The molecule has 1 aliphatic rings. The standard InChI is InChI=1S/C16H24N2O/c1-12(2)15-9-6-10-18(15)16(19)11-14(17)13-7-4-3-5-8-13/h3-5,7-8,12,14-15H,6,9-11,17H2,1-2H3. The normalized spacial score (nSPS) is 20.8. The number of nitrogens with zero attached hydrogens (tertiary/aromatic N) is 1. The van der Waals surface area contributed by atoms with Crippen LogP contribution in [0, 0.1) is 5.92 Å². The van der Waals surface area contributed by atoms with Crippen molar-refractivity contribution in [3.63, 3.8) is 0 Å². The van der Waals surface area contributed by atoms with E-state index in [2.05, 4.69) is 13.8 Å². The monoisotopic (exact) mass is 260 g/mol. The fraction of sp³-hybridized carbons (Fsp3) is 0.562. The first-order valence-electron chi connectivity index (χ1n) is 7.19. The van der Waals surface area contributed by atoms with Gasteiger partial charge < -0.3 is 10.6 Å². The van der Waals surface area contributed by atoms with Gasteiger partial charge in [-0.25, -0.2) is 0 Å². The Labute approximate surface area is 115 Å². The summed E-state index contributed by atoms with van der Waals surface area (Å²) >= 11 is 0. The molecule has 3 nitrogen and oxygen atoms in total. The van der Waals surface area contributed by atoms with Crippen LogP contribution in [0.15, 0.2) is 30.3 Å². The molecule has 1 fully saturated rings. The molecule has 0 aliphatic carbocycles. The van der Waals surface area contributed by atoms with Gasteiger partial charge in [-0.2, -0.15) is 0 Å². The molecule has 2 atom stereocenters. The highest BCUT2D eigenvalue weighted by molar-refractivity contribution is 5.77. The van der Waals surface area contributed by atoms with Gasteiger partial charge in [0.25, 0.3) is 0 Å². The Morgan fingerprint density at radius 1 is 1.37 bits per heavy atom. The highest BCUT2D eigenvalue weighted by atomic mass is 16.2. The van der Waals surface area contributed by atoms with E-state index < -0.39 is 0 Å². The number of rotatable bonds is 4. The van der Waals surface area contributed by atoms with Crippen molar-refractivity contribution in [2.75, 3.05) is 6.54 Å². The van der Waals surface area contributed by atoms with Gasteiger partial charge in [-0.15, -0.1) is 0 Å². The van der Waals surface area contributed by atoms with E-state index in [-0.39, 0.29) is 11.9 Å². The summed E-state index contributed by atoms with van der Waals surface area (Å²) < 4.78 is 0. The van der Waals surface area contributed by atoms with Gasteiger partial charge in [-0.1, -0.05) is 44.2 Å². The third-order valence-electron chi connectivity index (χ3n) is 4.01. The molecule has 104 valence electrons. The second-order valence-electron chi connectivity index (χ2n) is 5.76. The van der Waals surface area contributed by atoms with Gasteiger partial charge in [0.2, 0.25) is 5.91 Å². The summed E-state index contributed by atoms with van der Waals surface area (Å²) in [6.45, 7) is 5.27. The number of likely N-dealkylation sites (tertiary alicyclic amines) is 1. The Kier molecular flexibility index (Phi) is 4.59. The summed E-state index contributed by atoms with van der Waals surface area (Å²) in [5.74, 6) is 0.729. The van der Waals surface area contributed by atoms with E-state index in [4.69, 9.17) is 5.73 Å². The van der Waals surface area contributed by atoms with Crippen LogP contribution in [0.2, 0.25) is 0 Å². The lowest BCUT2D eigenvalue weighted by Gasteiger charge is -2.28. The van der Waals surface area contributed by atoms with Crippen LogP contribution in [0.5, 0.6) is 0 Å². The molecule has 1 aromatic carbocycles. The highest BCUT2D eigenvalue weighted by Crippen LogP contribution is 2.26. The summed E-state index contributed by atoms with van der Waals surface area (Å²) in [6.07, 6.45) is 2.66. The molecule has 2 unspecified atom stereocenters. The molecule has 1 amide bonds. The topological polar surface area (TPSA) is 46.3 Å². The third-order valence-corrected chi connectivity index (χ3v) is 4.01. The average molecular weight is 260 g/mol. The van der Waals surface area contributed by atoms with E-state index in [0.717, 1.165) is 24.9 Å². The second-order valence-corrected chi connectivity index (χ2v) is 5.76. The van der Waals surface area contributed by atoms with Gasteiger partial charge in [0.15, 0.2) is 0 Å². The molecule has 19 heavy (non-hydrogen) atoms. The maximum atomic E-state index is 12.4. The fourth-order valence-corrected chi connectivity index (χ4v) is 2.92. The Bertz CT molecular complexity index is 416. The molecule has 3 heteroatoms. The molecule has 0 aromatic heterocycles. The molecule has 1 heterocycles. The molecule has 2 N–H and O–H groups in total. The van der Waals surface area contributed by atoms with Crippen molar-refractivity contribution in [2.24, 2.45) is 11.7 Å². The number of amides is 1. The van der Waals surface area contributed by atoms with E-state index in [1.807, 2.05) is 35.2 Å². The Morgan fingerprint density at radius 3 is 2.68 bits per heavy atom. The number of hydrogen-bond donors (Lipinski definition) is 1. The van der Waals surface area contributed by atoms with Crippen LogP contribution >= 0.6 is 0 Å². The SMILES string of the molecule is CC(C)C1CCCN1C(=O)CC(N)c1ccccc1. The number of carbonyl (C=O) groups is 1. The number of hydrogen-bond acceptors (Lipinski definition) is 2. The van der Waals surface area contributed by atoms with Crippen molar-refractivity contribution in [1.82, 2.24) is 4.90 Å². The largest absolute Gasteiger partial charge is 0.339 e. The predicted octanol–water partition coefficient (Wildman–Crippen LogP) is 2.72. The van der Waals surface area contributed by atoms with Gasteiger partial charge in [0.1, 0.15) is 0 Å². The summed E-state index contributed by atoms with van der Waals surface area (Å²) in [5.41, 5.74) is 7.18. The van der Waals surface area contributed by atoms with E-state index in [1.54, 1.807) is 0 Å². The Morgan fingerprint density at radius 2 is 2.05 bits per heavy atom. The molecular weight excluding hydrogens is 236 g/mol. The lowest BCUT2D eigenvalue weighted by Crippen LogP contribution is -2.39. The molecule has 2 rings (SSSR count). The number of benzene rings is 1. The zero-order valence-corrected chi connectivity index (χ0v) is 11.9. The Hall–Kier alpha value is -1.35. The van der Waals surface area contributed by atoms with Gasteiger partial charge in [0, 0.05) is 25.0 Å². The van der Waals surface area contributed by atoms with E-state index in [1.165, 1.54) is 0 Å². The lowest BCUT2D eigenvalue weighted by molar-refractivity contribution is -0.133. The maximum absolute atomic E-state index is 12.4. The fourth-order valence-electron chi connectivity index (χ4n) is 2.92. The van der Waals surface area contributed by atoms with Crippen molar-refractivity contribution >= 4 is 5.91 Å². The minimum atomic E-state index is -0.192. The van der Waals surface area contributed by atoms with Crippen molar-refractivity contribution in [1.29, 1.82) is 0 Å². The minimum absolute atomic E-state index is 0.192. The smallest absolute Gasteiger partial charge is 0.224 e. The van der Waals surface area contributed by atoms with Gasteiger partial charge in [-0.05, 0) is 24.3 Å². The van der Waals surface area contributed by atoms with Crippen LogP contribution in [-0.4, -0.2) is 23.4 Å². The summed E-state index contributed by atoms with van der Waals surface area (Å²) in [5, 5.41) is 0. The number of carbonyl (C=O) groups excluding carboxylic acids is 1. The van der Waals surface area contributed by atoms with Crippen molar-refractivity contribution < 1.29 is 4.79 Å². The summed E-state index contributed by atoms with van der Waals surface area (Å²) in [4.78, 5) is 14.4. The summed E-state index contributed by atoms with van der Waals surface area (Å²) in [7, 11) is 0. The first-order chi connectivity index (χ1) is 9.09. The van der Waals surface area contributed by atoms with Gasteiger partial charge in [0.05, 0.1) is 0 Å². The number of nitrogens with two attached hydrogens (primary N) is 1. The first kappa shape index (κ1) is 14.1. The van der Waals surface area contributed by atoms with E-state index >= 15 is 0 Å².